The van der Waals surface area contributed by atoms with Gasteiger partial charge in [0, 0.05) is 18.9 Å². The number of carbonyl (C=O) groups excluding carboxylic acids is 2. The van der Waals surface area contributed by atoms with Gasteiger partial charge >= 0.3 is 12.1 Å². The number of rotatable bonds is 9. The van der Waals surface area contributed by atoms with Crippen LogP contribution in [0.1, 0.15) is 37.3 Å². The molecule has 0 saturated carbocycles. The molecule has 35 heavy (non-hydrogen) atoms. The third-order valence-corrected chi connectivity index (χ3v) is 6.99. The van der Waals surface area contributed by atoms with E-state index in [0.29, 0.717) is 0 Å². The summed E-state index contributed by atoms with van der Waals surface area (Å²) in [6.07, 6.45) is -0.350. The van der Waals surface area contributed by atoms with E-state index in [4.69, 9.17) is 9.47 Å². The van der Waals surface area contributed by atoms with E-state index in [-0.39, 0.29) is 56.4 Å². The van der Waals surface area contributed by atoms with Crippen molar-refractivity contribution in [3.05, 3.63) is 59.7 Å². The number of aliphatic carboxylic acids is 1. The predicted octanol–water partition coefficient (Wildman–Crippen LogP) is 3.40. The monoisotopic (exact) mass is 480 g/mol. The molecule has 0 aromatic heterocycles. The van der Waals surface area contributed by atoms with Crippen LogP contribution in [-0.4, -0.2) is 55.5 Å². The fourth-order valence-corrected chi connectivity index (χ4v) is 4.85. The Kier molecular flexibility index (Phi) is 7.70. The van der Waals surface area contributed by atoms with Crippen LogP contribution in [0.25, 0.3) is 11.1 Å². The first-order valence-corrected chi connectivity index (χ1v) is 12.0. The fourth-order valence-electron chi connectivity index (χ4n) is 4.85. The highest BCUT2D eigenvalue weighted by Crippen LogP contribution is 2.44. The van der Waals surface area contributed by atoms with Gasteiger partial charge in [-0.05, 0) is 34.1 Å². The Morgan fingerprint density at radius 2 is 1.66 bits per heavy atom. The molecule has 1 saturated heterocycles. The maximum Gasteiger partial charge on any atom is 0.407 e. The van der Waals surface area contributed by atoms with Gasteiger partial charge in [-0.1, -0.05) is 62.4 Å². The zero-order valence-corrected chi connectivity index (χ0v) is 20.0. The van der Waals surface area contributed by atoms with Gasteiger partial charge in [0.1, 0.15) is 12.5 Å². The number of nitrogens with one attached hydrogen (secondary N) is 2. The van der Waals surface area contributed by atoms with Crippen molar-refractivity contribution in [3.63, 3.8) is 0 Å². The Hall–Kier alpha value is -3.39. The average Bonchev–Trinajstić information content (AvgIpc) is 3.43. The summed E-state index contributed by atoms with van der Waals surface area (Å²) in [6.45, 7) is 4.76. The van der Waals surface area contributed by atoms with Gasteiger partial charge in [0.2, 0.25) is 5.91 Å². The van der Waals surface area contributed by atoms with Crippen molar-refractivity contribution >= 4 is 18.0 Å². The Morgan fingerprint density at radius 1 is 1.03 bits per heavy atom. The first kappa shape index (κ1) is 24.7. The van der Waals surface area contributed by atoms with E-state index in [0.717, 1.165) is 11.1 Å². The van der Waals surface area contributed by atoms with Crippen molar-refractivity contribution in [2.45, 2.75) is 32.2 Å². The summed E-state index contributed by atoms with van der Waals surface area (Å²) in [5.41, 5.74) is 4.63. The average molecular weight is 481 g/mol. The number of hydrogen-bond donors (Lipinski definition) is 3. The van der Waals surface area contributed by atoms with Crippen LogP contribution in [0, 0.1) is 17.8 Å². The number of carboxylic acid groups (broad SMARTS) is 1. The highest BCUT2D eigenvalue weighted by Gasteiger charge is 2.35. The molecule has 186 valence electrons. The lowest BCUT2D eigenvalue weighted by molar-refractivity contribution is -0.142. The first-order valence-electron chi connectivity index (χ1n) is 12.0. The molecule has 2 aliphatic rings. The van der Waals surface area contributed by atoms with Crippen LogP contribution >= 0.6 is 0 Å². The molecule has 2 amide bonds. The minimum Gasteiger partial charge on any atom is -0.481 e. The molecule has 1 aliphatic carbocycles. The summed E-state index contributed by atoms with van der Waals surface area (Å²) in [7, 11) is 0. The molecule has 3 N–H and O–H groups in total. The van der Waals surface area contributed by atoms with Crippen LogP contribution in [0.5, 0.6) is 0 Å². The van der Waals surface area contributed by atoms with Crippen LogP contribution in [0.2, 0.25) is 0 Å². The minimum absolute atomic E-state index is 0.0179. The molecule has 8 nitrogen and oxygen atoms in total. The Bertz CT molecular complexity index is 1040. The number of fused-ring (bicyclic) bond motifs is 3. The zero-order valence-electron chi connectivity index (χ0n) is 20.0. The largest absolute Gasteiger partial charge is 0.481 e. The van der Waals surface area contributed by atoms with Gasteiger partial charge < -0.3 is 25.2 Å². The van der Waals surface area contributed by atoms with Crippen molar-refractivity contribution in [3.8, 4) is 11.1 Å². The van der Waals surface area contributed by atoms with Crippen LogP contribution in [-0.2, 0) is 19.1 Å². The smallest absolute Gasteiger partial charge is 0.407 e. The third-order valence-electron chi connectivity index (χ3n) is 6.99. The van der Waals surface area contributed by atoms with E-state index in [1.54, 1.807) is 0 Å². The van der Waals surface area contributed by atoms with Gasteiger partial charge in [0.15, 0.2) is 0 Å². The summed E-state index contributed by atoms with van der Waals surface area (Å²) in [6, 6.07) is 15.8. The van der Waals surface area contributed by atoms with Crippen molar-refractivity contribution in [2.75, 3.05) is 26.4 Å². The van der Waals surface area contributed by atoms with E-state index in [1.807, 2.05) is 38.1 Å². The third kappa shape index (κ3) is 5.65. The lowest BCUT2D eigenvalue weighted by Crippen LogP contribution is -2.44. The normalized spacial score (nSPS) is 19.6. The Labute approximate surface area is 205 Å². The van der Waals surface area contributed by atoms with Crippen molar-refractivity contribution in [1.82, 2.24) is 10.6 Å². The highest BCUT2D eigenvalue weighted by molar-refractivity contribution is 5.80. The molecule has 1 fully saturated rings. The van der Waals surface area contributed by atoms with E-state index in [2.05, 4.69) is 34.9 Å². The van der Waals surface area contributed by atoms with Gasteiger partial charge in [-0.2, -0.15) is 0 Å². The van der Waals surface area contributed by atoms with Gasteiger partial charge in [-0.15, -0.1) is 0 Å². The number of benzene rings is 2. The Morgan fingerprint density at radius 3 is 2.26 bits per heavy atom. The molecular formula is C27H32N2O6. The molecule has 1 aliphatic heterocycles. The Balaban J connectivity index is 1.29. The molecule has 0 spiro atoms. The molecule has 2 aromatic carbocycles. The van der Waals surface area contributed by atoms with Crippen LogP contribution < -0.4 is 10.6 Å². The second-order valence-electron chi connectivity index (χ2n) is 9.57. The molecule has 1 heterocycles. The molecule has 2 aromatic rings. The maximum absolute atomic E-state index is 12.6. The second-order valence-corrected chi connectivity index (χ2v) is 9.57. The quantitative estimate of drug-likeness (QED) is 0.507. The number of alkyl carbamates (subject to hydrolysis) is 1. The summed E-state index contributed by atoms with van der Waals surface area (Å²) >= 11 is 0. The van der Waals surface area contributed by atoms with E-state index >= 15 is 0 Å². The van der Waals surface area contributed by atoms with Gasteiger partial charge in [0.25, 0.3) is 0 Å². The maximum atomic E-state index is 12.6. The van der Waals surface area contributed by atoms with E-state index < -0.39 is 24.0 Å². The van der Waals surface area contributed by atoms with E-state index in [1.165, 1.54) is 11.1 Å². The zero-order chi connectivity index (χ0) is 24.9. The fraction of sp³-hybridized carbons (Fsp3) is 0.444. The molecule has 3 atom stereocenters. The topological polar surface area (TPSA) is 114 Å². The van der Waals surface area contributed by atoms with Crippen LogP contribution in [0.4, 0.5) is 4.79 Å². The summed E-state index contributed by atoms with van der Waals surface area (Å²) in [5.74, 6) is -1.98. The minimum atomic E-state index is -0.981. The molecular weight excluding hydrogens is 448 g/mol. The number of carbonyl (C=O) groups is 3. The van der Waals surface area contributed by atoms with Crippen LogP contribution in [0.15, 0.2) is 48.5 Å². The number of ether oxygens (including phenoxy) is 2. The first-order chi connectivity index (χ1) is 16.8. The molecule has 3 unspecified atom stereocenters. The van der Waals surface area contributed by atoms with Gasteiger partial charge in [-0.3, -0.25) is 9.59 Å². The number of carboxylic acids is 1. The lowest BCUT2D eigenvalue weighted by Gasteiger charge is -2.23. The summed E-state index contributed by atoms with van der Waals surface area (Å²) in [4.78, 5) is 36.4. The second kappa shape index (κ2) is 10.9. The highest BCUT2D eigenvalue weighted by atomic mass is 16.5. The van der Waals surface area contributed by atoms with Gasteiger partial charge in [-0.25, -0.2) is 4.79 Å². The van der Waals surface area contributed by atoms with Crippen molar-refractivity contribution in [2.24, 2.45) is 17.8 Å². The summed E-state index contributed by atoms with van der Waals surface area (Å²) < 4.78 is 10.8. The standard InChI is InChI=1S/C27H32N2O6/c1-16(2)17(11-25(30)29-24-15-34-13-23(24)26(31)32)12-28-27(33)35-14-22-20-9-5-3-7-18(20)19-8-4-6-10-21(19)22/h3-10,16-17,22-24H,11-15H2,1-2H3,(H,28,33)(H,29,30)(H,31,32). The van der Waals surface area contributed by atoms with Crippen molar-refractivity contribution in [1.29, 1.82) is 0 Å². The predicted molar refractivity (Wildman–Crippen MR) is 130 cm³/mol. The van der Waals surface area contributed by atoms with Crippen molar-refractivity contribution < 1.29 is 29.0 Å². The summed E-state index contributed by atoms with van der Waals surface area (Å²) in [5, 5.41) is 14.8. The molecule has 8 heteroatoms. The molecule has 0 bridgehead atoms. The van der Waals surface area contributed by atoms with Gasteiger partial charge in [0.05, 0.1) is 19.3 Å². The number of amides is 2. The SMILES string of the molecule is CC(C)C(CNC(=O)OCC1c2ccccc2-c2ccccc21)CC(=O)NC1COCC1C(=O)O. The molecule has 0 radical (unpaired) electrons. The van der Waals surface area contributed by atoms with E-state index in [9.17, 15) is 19.5 Å². The number of hydrogen-bond acceptors (Lipinski definition) is 5. The molecule has 4 rings (SSSR count). The van der Waals surface area contributed by atoms with Crippen LogP contribution in [0.3, 0.4) is 0 Å². The lowest BCUT2D eigenvalue weighted by atomic mass is 9.91.